The largest absolute Gasteiger partial charge is 0.350 e. The third kappa shape index (κ3) is 5.37. The van der Waals surface area contributed by atoms with Crippen molar-refractivity contribution in [3.8, 4) is 0 Å². The Labute approximate surface area is 59.9 Å². The minimum Gasteiger partial charge on any atom is -0.350 e. The molecule has 9 heavy (non-hydrogen) atoms. The fourth-order valence-corrected chi connectivity index (χ4v) is 0.504. The van der Waals surface area contributed by atoms with E-state index in [9.17, 15) is 4.79 Å². The Balaban J connectivity index is 3.51. The average Bonchev–Trinajstić information content (AvgIpc) is 1.63. The smallest absolute Gasteiger partial charge is 0.245 e. The Morgan fingerprint density at radius 3 is 2.56 bits per heavy atom. The van der Waals surface area contributed by atoms with E-state index in [4.69, 9.17) is 11.6 Å². The van der Waals surface area contributed by atoms with Gasteiger partial charge >= 0.3 is 0 Å². The summed E-state index contributed by atoms with van der Waals surface area (Å²) in [4.78, 5) is 10.6. The topological polar surface area (TPSA) is 29.1 Å². The monoisotopic (exact) mass is 147 g/mol. The maximum atomic E-state index is 10.6. The van der Waals surface area contributed by atoms with Gasteiger partial charge < -0.3 is 5.32 Å². The number of nitrogens with one attached hydrogen (secondary N) is 1. The summed E-state index contributed by atoms with van der Waals surface area (Å²) in [6, 6.07) is 0.172. The minimum absolute atomic E-state index is 0.153. The minimum atomic E-state index is -0.153. The van der Waals surface area contributed by atoms with Crippen molar-refractivity contribution in [1.82, 2.24) is 5.32 Å². The van der Waals surface area contributed by atoms with Crippen molar-refractivity contribution >= 4 is 17.5 Å². The van der Waals surface area contributed by atoms with Crippen LogP contribution in [0.25, 0.3) is 0 Å². The third-order valence-corrected chi connectivity index (χ3v) is 0.771. The number of carbonyl (C=O) groups excluding carboxylic acids is 1. The molecule has 0 fully saturated rings. The van der Waals surface area contributed by atoms with Crippen LogP contribution in [0.15, 0.2) is 11.6 Å². The number of carbonyl (C=O) groups is 1. The molecule has 0 spiro atoms. The lowest BCUT2D eigenvalue weighted by Gasteiger charge is -2.02. The zero-order valence-corrected chi connectivity index (χ0v) is 6.27. The second-order valence-corrected chi connectivity index (χ2v) is 2.21. The van der Waals surface area contributed by atoms with Gasteiger partial charge in [-0.3, -0.25) is 4.79 Å². The van der Waals surface area contributed by atoms with Gasteiger partial charge in [-0.15, -0.1) is 0 Å². The zero-order chi connectivity index (χ0) is 7.28. The van der Waals surface area contributed by atoms with Crippen molar-refractivity contribution in [3.63, 3.8) is 0 Å². The van der Waals surface area contributed by atoms with E-state index in [-0.39, 0.29) is 11.9 Å². The molecule has 0 aliphatic carbocycles. The van der Waals surface area contributed by atoms with Gasteiger partial charge in [0, 0.05) is 17.7 Å². The normalized spacial score (nSPS) is 10.7. The lowest BCUT2D eigenvalue weighted by Crippen LogP contribution is -2.28. The van der Waals surface area contributed by atoms with Crippen LogP contribution in [0.2, 0.25) is 0 Å². The van der Waals surface area contributed by atoms with Crippen molar-refractivity contribution in [2.45, 2.75) is 19.9 Å². The van der Waals surface area contributed by atoms with Crippen LogP contribution in [0, 0.1) is 0 Å². The SMILES string of the molecule is CC(C)NC(=O)/C=C/Cl. The summed E-state index contributed by atoms with van der Waals surface area (Å²) in [5.74, 6) is -0.153. The first-order valence-electron chi connectivity index (χ1n) is 2.74. The first-order chi connectivity index (χ1) is 4.16. The molecule has 0 saturated heterocycles. The molecule has 0 atom stereocenters. The van der Waals surface area contributed by atoms with Crippen LogP contribution in [0.4, 0.5) is 0 Å². The molecule has 0 radical (unpaired) electrons. The summed E-state index contributed by atoms with van der Waals surface area (Å²) < 4.78 is 0. The van der Waals surface area contributed by atoms with Crippen molar-refractivity contribution in [2.24, 2.45) is 0 Å². The molecule has 0 aliphatic rings. The highest BCUT2D eigenvalue weighted by atomic mass is 35.5. The molecule has 0 bridgehead atoms. The van der Waals surface area contributed by atoms with Gasteiger partial charge in [-0.2, -0.15) is 0 Å². The Kier molecular flexibility index (Phi) is 4.14. The summed E-state index contributed by atoms with van der Waals surface area (Å²) in [5, 5.41) is 2.63. The maximum Gasteiger partial charge on any atom is 0.245 e. The number of hydrogen-bond acceptors (Lipinski definition) is 1. The van der Waals surface area contributed by atoms with Gasteiger partial charge in [-0.1, -0.05) is 11.6 Å². The van der Waals surface area contributed by atoms with Crippen LogP contribution in [0.5, 0.6) is 0 Å². The lowest BCUT2D eigenvalue weighted by atomic mass is 10.4. The summed E-state index contributed by atoms with van der Waals surface area (Å²) in [5.41, 5.74) is 1.19. The fraction of sp³-hybridized carbons (Fsp3) is 0.500. The molecule has 1 N–H and O–H groups in total. The van der Waals surface area contributed by atoms with E-state index in [0.717, 1.165) is 0 Å². The van der Waals surface area contributed by atoms with Gasteiger partial charge in [0.1, 0.15) is 0 Å². The quantitative estimate of drug-likeness (QED) is 0.586. The van der Waals surface area contributed by atoms with E-state index >= 15 is 0 Å². The number of rotatable bonds is 2. The molecule has 0 saturated carbocycles. The highest BCUT2D eigenvalue weighted by Gasteiger charge is 1.95. The Morgan fingerprint density at radius 2 is 2.22 bits per heavy atom. The summed E-state index contributed by atoms with van der Waals surface area (Å²) in [7, 11) is 0. The zero-order valence-electron chi connectivity index (χ0n) is 5.52. The molecule has 0 aliphatic heterocycles. The molecule has 0 aromatic carbocycles. The number of amides is 1. The highest BCUT2D eigenvalue weighted by molar-refractivity contribution is 6.26. The molecular formula is C6H10ClNO. The molecule has 0 aromatic heterocycles. The van der Waals surface area contributed by atoms with E-state index in [2.05, 4.69) is 5.32 Å². The summed E-state index contributed by atoms with van der Waals surface area (Å²) >= 11 is 5.14. The van der Waals surface area contributed by atoms with Gasteiger partial charge in [0.2, 0.25) is 5.91 Å². The van der Waals surface area contributed by atoms with Crippen molar-refractivity contribution in [3.05, 3.63) is 11.6 Å². The Hall–Kier alpha value is -0.500. The molecule has 2 nitrogen and oxygen atoms in total. The summed E-state index contributed by atoms with van der Waals surface area (Å²) in [6.07, 6.45) is 1.28. The average molecular weight is 148 g/mol. The molecule has 0 aromatic rings. The van der Waals surface area contributed by atoms with Crippen LogP contribution in [-0.2, 0) is 4.79 Å². The predicted octanol–water partition coefficient (Wildman–Crippen LogP) is 1.26. The van der Waals surface area contributed by atoms with Gasteiger partial charge in [0.25, 0.3) is 0 Å². The van der Waals surface area contributed by atoms with E-state index in [1.807, 2.05) is 13.8 Å². The number of halogens is 1. The fourth-order valence-electron chi connectivity index (χ4n) is 0.390. The predicted molar refractivity (Wildman–Crippen MR) is 38.3 cm³/mol. The maximum absolute atomic E-state index is 10.6. The van der Waals surface area contributed by atoms with E-state index in [0.29, 0.717) is 0 Å². The van der Waals surface area contributed by atoms with Crippen LogP contribution in [0.3, 0.4) is 0 Å². The number of hydrogen-bond donors (Lipinski definition) is 1. The first-order valence-corrected chi connectivity index (χ1v) is 3.17. The summed E-state index contributed by atoms with van der Waals surface area (Å²) in [6.45, 7) is 3.78. The van der Waals surface area contributed by atoms with Gasteiger partial charge in [0.15, 0.2) is 0 Å². The van der Waals surface area contributed by atoms with Crippen LogP contribution >= 0.6 is 11.6 Å². The van der Waals surface area contributed by atoms with E-state index in [1.165, 1.54) is 11.6 Å². The molecule has 52 valence electrons. The van der Waals surface area contributed by atoms with Crippen molar-refractivity contribution in [2.75, 3.05) is 0 Å². The highest BCUT2D eigenvalue weighted by Crippen LogP contribution is 1.81. The third-order valence-electron chi connectivity index (χ3n) is 0.645. The van der Waals surface area contributed by atoms with Crippen molar-refractivity contribution in [1.29, 1.82) is 0 Å². The molecule has 0 rings (SSSR count). The Bertz CT molecular complexity index is 120. The van der Waals surface area contributed by atoms with E-state index < -0.39 is 0 Å². The van der Waals surface area contributed by atoms with E-state index in [1.54, 1.807) is 0 Å². The van der Waals surface area contributed by atoms with Gasteiger partial charge in [-0.25, -0.2) is 0 Å². The lowest BCUT2D eigenvalue weighted by molar-refractivity contribution is -0.116. The molecular weight excluding hydrogens is 138 g/mol. The molecule has 0 heterocycles. The van der Waals surface area contributed by atoms with Crippen LogP contribution < -0.4 is 5.32 Å². The molecule has 1 amide bonds. The molecule has 3 heteroatoms. The standard InChI is InChI=1S/C6H10ClNO/c1-5(2)8-6(9)3-4-7/h3-5H,1-2H3,(H,8,9)/b4-3+. The first kappa shape index (κ1) is 8.50. The van der Waals surface area contributed by atoms with Crippen LogP contribution in [0.1, 0.15) is 13.8 Å². The van der Waals surface area contributed by atoms with Gasteiger partial charge in [0.05, 0.1) is 0 Å². The van der Waals surface area contributed by atoms with Gasteiger partial charge in [-0.05, 0) is 13.8 Å². The second-order valence-electron chi connectivity index (χ2n) is 1.96. The molecule has 0 unspecified atom stereocenters. The second kappa shape index (κ2) is 4.39. The Morgan fingerprint density at radius 1 is 1.67 bits per heavy atom. The van der Waals surface area contributed by atoms with Crippen molar-refractivity contribution < 1.29 is 4.79 Å². The van der Waals surface area contributed by atoms with Crippen LogP contribution in [-0.4, -0.2) is 11.9 Å².